The Kier molecular flexibility index (Phi) is 7.96. The van der Waals surface area contributed by atoms with Crippen LogP contribution in [0.5, 0.6) is 17.2 Å². The molecule has 2 atom stereocenters. The van der Waals surface area contributed by atoms with Crippen molar-refractivity contribution < 1.29 is 32.5 Å². The van der Waals surface area contributed by atoms with Crippen LogP contribution >= 0.6 is 0 Å². The van der Waals surface area contributed by atoms with E-state index in [1.54, 1.807) is 38.1 Å². The number of hydrogen-bond donors (Lipinski definition) is 3. The van der Waals surface area contributed by atoms with Gasteiger partial charge in [-0.05, 0) is 56.2 Å². The largest absolute Gasteiger partial charge is 0.497 e. The van der Waals surface area contributed by atoms with E-state index in [-0.39, 0.29) is 16.6 Å². The summed E-state index contributed by atoms with van der Waals surface area (Å²) in [6.07, 6.45) is -0.601. The van der Waals surface area contributed by atoms with Crippen LogP contribution in [-0.4, -0.2) is 51.9 Å². The molecule has 0 fully saturated rings. The van der Waals surface area contributed by atoms with E-state index in [0.29, 0.717) is 35.6 Å². The Hall–Kier alpha value is -3.60. The van der Waals surface area contributed by atoms with Crippen LogP contribution in [-0.2, 0) is 16.4 Å². The summed E-state index contributed by atoms with van der Waals surface area (Å²) in [6.45, 7) is 3.76. The summed E-state index contributed by atoms with van der Waals surface area (Å²) < 4.78 is 46.1. The van der Waals surface area contributed by atoms with Crippen LogP contribution in [0.3, 0.4) is 0 Å². The van der Waals surface area contributed by atoms with Crippen molar-refractivity contribution >= 4 is 15.9 Å². The minimum atomic E-state index is -4.21. The Morgan fingerprint density at radius 3 is 2.45 bits per heavy atom. The molecule has 0 aliphatic carbocycles. The number of hydrogen-bond acceptors (Lipinski definition) is 7. The van der Waals surface area contributed by atoms with Gasteiger partial charge in [-0.3, -0.25) is 4.79 Å². The summed E-state index contributed by atoms with van der Waals surface area (Å²) in [5.74, 6) is 0.491. The highest BCUT2D eigenvalue weighted by molar-refractivity contribution is 7.89. The van der Waals surface area contributed by atoms with Gasteiger partial charge < -0.3 is 24.6 Å². The van der Waals surface area contributed by atoms with E-state index in [4.69, 9.17) is 14.2 Å². The molecule has 3 aromatic carbocycles. The summed E-state index contributed by atoms with van der Waals surface area (Å²) in [6, 6.07) is 17.9. The lowest BCUT2D eigenvalue weighted by atomic mass is 9.86. The first kappa shape index (κ1) is 27.4. The first-order valence-electron chi connectivity index (χ1n) is 12.1. The quantitative estimate of drug-likeness (QED) is 0.381. The van der Waals surface area contributed by atoms with Crippen LogP contribution in [0.15, 0.2) is 71.6 Å². The summed E-state index contributed by atoms with van der Waals surface area (Å²) in [5, 5.41) is 14.1. The normalized spacial score (nSPS) is 18.1. The molecule has 0 saturated heterocycles. The van der Waals surface area contributed by atoms with Crippen LogP contribution < -0.4 is 24.2 Å². The number of carbonyl (C=O) groups is 1. The fourth-order valence-corrected chi connectivity index (χ4v) is 5.77. The van der Waals surface area contributed by atoms with Gasteiger partial charge in [-0.1, -0.05) is 30.3 Å². The lowest BCUT2D eigenvalue weighted by Crippen LogP contribution is -2.53. The molecule has 2 unspecified atom stereocenters. The summed E-state index contributed by atoms with van der Waals surface area (Å²) in [5.41, 5.74) is 0.644. The van der Waals surface area contributed by atoms with E-state index in [9.17, 15) is 18.3 Å². The van der Waals surface area contributed by atoms with Gasteiger partial charge in [0.2, 0.25) is 10.0 Å². The molecular formula is C28H32N2O7S. The number of fused-ring (bicyclic) bond motifs is 1. The fraction of sp³-hybridized carbons (Fsp3) is 0.321. The van der Waals surface area contributed by atoms with Crippen LogP contribution in [0, 0.1) is 0 Å². The number of sulfonamides is 1. The maximum absolute atomic E-state index is 13.5. The SMILES string of the molecule is COc1ccc(OC)c(S(=O)(=O)NC2c3cc(C(=O)NCCc4ccccc4)ccc3OC(C)(C)C2O)c1. The minimum Gasteiger partial charge on any atom is -0.497 e. The minimum absolute atomic E-state index is 0.117. The first-order valence-corrected chi connectivity index (χ1v) is 13.6. The summed E-state index contributed by atoms with van der Waals surface area (Å²) in [7, 11) is -1.41. The zero-order valence-corrected chi connectivity index (χ0v) is 22.5. The van der Waals surface area contributed by atoms with Crippen molar-refractivity contribution in [1.29, 1.82) is 0 Å². The molecule has 0 spiro atoms. The molecule has 3 N–H and O–H groups in total. The number of carbonyl (C=O) groups excluding carboxylic acids is 1. The van der Waals surface area contributed by atoms with Crippen molar-refractivity contribution in [3.05, 3.63) is 83.4 Å². The highest BCUT2D eigenvalue weighted by Gasteiger charge is 2.45. The van der Waals surface area contributed by atoms with Gasteiger partial charge in [0.05, 0.1) is 20.3 Å². The number of methoxy groups -OCH3 is 2. The van der Waals surface area contributed by atoms with Crippen LogP contribution in [0.1, 0.15) is 41.4 Å². The molecule has 0 saturated carbocycles. The molecule has 38 heavy (non-hydrogen) atoms. The number of nitrogens with one attached hydrogen (secondary N) is 2. The molecule has 1 amide bonds. The highest BCUT2D eigenvalue weighted by Crippen LogP contribution is 2.41. The second kappa shape index (κ2) is 11.0. The molecule has 0 radical (unpaired) electrons. The number of benzene rings is 3. The third-order valence-corrected chi connectivity index (χ3v) is 7.95. The topological polar surface area (TPSA) is 123 Å². The van der Waals surface area contributed by atoms with E-state index in [1.165, 1.54) is 26.4 Å². The summed E-state index contributed by atoms with van der Waals surface area (Å²) >= 11 is 0. The molecule has 1 aliphatic heterocycles. The lowest BCUT2D eigenvalue weighted by molar-refractivity contribution is -0.0603. The van der Waals surface area contributed by atoms with Crippen LogP contribution in [0.2, 0.25) is 0 Å². The van der Waals surface area contributed by atoms with Crippen LogP contribution in [0.4, 0.5) is 0 Å². The van der Waals surface area contributed by atoms with Gasteiger partial charge in [-0.15, -0.1) is 0 Å². The number of ether oxygens (including phenoxy) is 3. The summed E-state index contributed by atoms with van der Waals surface area (Å²) in [4.78, 5) is 12.8. The van der Waals surface area contributed by atoms with Gasteiger partial charge in [-0.2, -0.15) is 0 Å². The maximum atomic E-state index is 13.5. The van der Waals surface area contributed by atoms with Gasteiger partial charge in [0, 0.05) is 23.7 Å². The second-order valence-corrected chi connectivity index (χ2v) is 11.2. The number of aliphatic hydroxyl groups is 1. The molecule has 10 heteroatoms. The lowest BCUT2D eigenvalue weighted by Gasteiger charge is -2.42. The van der Waals surface area contributed by atoms with Crippen molar-refractivity contribution in [2.24, 2.45) is 0 Å². The zero-order chi connectivity index (χ0) is 27.5. The Balaban J connectivity index is 1.63. The molecule has 0 aromatic heterocycles. The van der Waals surface area contributed by atoms with E-state index in [1.807, 2.05) is 30.3 Å². The van der Waals surface area contributed by atoms with Gasteiger partial charge in [0.25, 0.3) is 5.91 Å². The average molecular weight is 541 g/mol. The van der Waals surface area contributed by atoms with Crippen molar-refractivity contribution in [1.82, 2.24) is 10.0 Å². The predicted molar refractivity (Wildman–Crippen MR) is 142 cm³/mol. The molecular weight excluding hydrogens is 508 g/mol. The zero-order valence-electron chi connectivity index (χ0n) is 21.7. The number of rotatable bonds is 9. The van der Waals surface area contributed by atoms with Gasteiger partial charge in [0.1, 0.15) is 33.8 Å². The number of aliphatic hydroxyl groups excluding tert-OH is 1. The third kappa shape index (κ3) is 5.77. The van der Waals surface area contributed by atoms with Crippen molar-refractivity contribution in [2.45, 2.75) is 42.9 Å². The predicted octanol–water partition coefficient (Wildman–Crippen LogP) is 3.23. The standard InChI is InChI=1S/C28H32N2O7S/c1-28(2)26(31)25(30-38(33,34)24-17-20(35-3)11-13-23(24)36-4)21-16-19(10-12-22(21)37-28)27(32)29-15-14-18-8-6-5-7-9-18/h5-13,16-17,25-26,30-31H,14-15H2,1-4H3,(H,29,32). The van der Waals surface area contributed by atoms with Crippen molar-refractivity contribution in [2.75, 3.05) is 20.8 Å². The van der Waals surface area contributed by atoms with E-state index >= 15 is 0 Å². The molecule has 0 bridgehead atoms. The second-order valence-electron chi connectivity index (χ2n) is 9.51. The first-order chi connectivity index (χ1) is 18.1. The van der Waals surface area contributed by atoms with Crippen LogP contribution in [0.25, 0.3) is 0 Å². The fourth-order valence-electron chi connectivity index (χ4n) is 4.36. The molecule has 202 valence electrons. The van der Waals surface area contributed by atoms with E-state index < -0.39 is 27.8 Å². The Morgan fingerprint density at radius 2 is 1.76 bits per heavy atom. The Labute approximate surface area is 222 Å². The maximum Gasteiger partial charge on any atom is 0.251 e. The third-order valence-electron chi connectivity index (χ3n) is 6.49. The van der Waals surface area contributed by atoms with E-state index in [0.717, 1.165) is 5.56 Å². The van der Waals surface area contributed by atoms with E-state index in [2.05, 4.69) is 10.0 Å². The highest BCUT2D eigenvalue weighted by atomic mass is 32.2. The van der Waals surface area contributed by atoms with Gasteiger partial charge in [-0.25, -0.2) is 13.1 Å². The molecule has 9 nitrogen and oxygen atoms in total. The smallest absolute Gasteiger partial charge is 0.251 e. The molecule has 4 rings (SSSR count). The molecule has 1 heterocycles. The molecule has 1 aliphatic rings. The Morgan fingerprint density at radius 1 is 1.03 bits per heavy atom. The van der Waals surface area contributed by atoms with Gasteiger partial charge >= 0.3 is 0 Å². The van der Waals surface area contributed by atoms with Crippen molar-refractivity contribution in [3.63, 3.8) is 0 Å². The Bertz CT molecular complexity index is 1410. The average Bonchev–Trinajstić information content (AvgIpc) is 2.91. The van der Waals surface area contributed by atoms with Crippen molar-refractivity contribution in [3.8, 4) is 17.2 Å². The monoisotopic (exact) mass is 540 g/mol. The number of amides is 1. The van der Waals surface area contributed by atoms with Gasteiger partial charge in [0.15, 0.2) is 0 Å². The molecule has 3 aromatic rings.